The Bertz CT molecular complexity index is 941. The second-order valence-corrected chi connectivity index (χ2v) is 4.88. The van der Waals surface area contributed by atoms with Crippen molar-refractivity contribution < 1.29 is 22.4 Å². The fourth-order valence-electron chi connectivity index (χ4n) is 2.29. The Morgan fingerprint density at radius 3 is 2.26 bits per heavy atom. The van der Waals surface area contributed by atoms with E-state index in [9.17, 15) is 22.8 Å². The first-order valence-electron chi connectivity index (χ1n) is 6.61. The molecule has 0 radical (unpaired) electrons. The van der Waals surface area contributed by atoms with Crippen LogP contribution in [0.2, 0.25) is 0 Å². The van der Waals surface area contributed by atoms with Crippen LogP contribution in [0.15, 0.2) is 63.8 Å². The molecule has 3 nitrogen and oxygen atoms in total. The SMILES string of the molecule is O=C(c1ccccc1)c1ccc2c(C(F)(F)F)cc(=O)oc2c1. The summed E-state index contributed by atoms with van der Waals surface area (Å²) in [5.74, 6) is -0.368. The lowest BCUT2D eigenvalue weighted by atomic mass is 10.0. The highest BCUT2D eigenvalue weighted by atomic mass is 19.4. The van der Waals surface area contributed by atoms with Crippen LogP contribution in [0.4, 0.5) is 13.2 Å². The van der Waals surface area contributed by atoms with Crippen molar-refractivity contribution in [2.75, 3.05) is 0 Å². The van der Waals surface area contributed by atoms with Crippen LogP contribution in [0, 0.1) is 0 Å². The van der Waals surface area contributed by atoms with Gasteiger partial charge < -0.3 is 4.42 Å². The maximum Gasteiger partial charge on any atom is 0.417 e. The zero-order valence-corrected chi connectivity index (χ0v) is 11.6. The van der Waals surface area contributed by atoms with E-state index >= 15 is 0 Å². The third-order valence-corrected chi connectivity index (χ3v) is 3.35. The third-order valence-electron chi connectivity index (χ3n) is 3.35. The average molecular weight is 318 g/mol. The highest BCUT2D eigenvalue weighted by Crippen LogP contribution is 2.34. The van der Waals surface area contributed by atoms with Crippen molar-refractivity contribution in [1.29, 1.82) is 0 Å². The largest absolute Gasteiger partial charge is 0.423 e. The Kier molecular flexibility index (Phi) is 3.52. The molecule has 0 saturated heterocycles. The van der Waals surface area contributed by atoms with E-state index in [0.29, 0.717) is 11.6 Å². The van der Waals surface area contributed by atoms with E-state index < -0.39 is 17.4 Å². The molecular weight excluding hydrogens is 309 g/mol. The summed E-state index contributed by atoms with van der Waals surface area (Å²) >= 11 is 0. The first-order chi connectivity index (χ1) is 10.9. The topological polar surface area (TPSA) is 47.3 Å². The molecule has 1 heterocycles. The number of ketones is 1. The molecule has 6 heteroatoms. The molecule has 1 aromatic heterocycles. The molecule has 0 fully saturated rings. The van der Waals surface area contributed by atoms with Gasteiger partial charge in [0, 0.05) is 22.6 Å². The minimum atomic E-state index is -4.68. The smallest absolute Gasteiger partial charge is 0.417 e. The van der Waals surface area contributed by atoms with Crippen molar-refractivity contribution in [2.24, 2.45) is 0 Å². The Labute approximate surface area is 128 Å². The van der Waals surface area contributed by atoms with Crippen LogP contribution in [0.25, 0.3) is 11.0 Å². The number of fused-ring (bicyclic) bond motifs is 1. The van der Waals surface area contributed by atoms with Crippen molar-refractivity contribution in [3.05, 3.63) is 81.7 Å². The van der Waals surface area contributed by atoms with E-state index in [0.717, 1.165) is 12.1 Å². The van der Waals surface area contributed by atoms with Crippen molar-refractivity contribution >= 4 is 16.8 Å². The summed E-state index contributed by atoms with van der Waals surface area (Å²) in [6.07, 6.45) is -4.68. The van der Waals surface area contributed by atoms with Crippen molar-refractivity contribution in [1.82, 2.24) is 0 Å². The Morgan fingerprint density at radius 1 is 0.913 bits per heavy atom. The molecule has 2 aromatic carbocycles. The lowest BCUT2D eigenvalue weighted by Crippen LogP contribution is -2.11. The van der Waals surface area contributed by atoms with E-state index in [1.165, 1.54) is 6.07 Å². The summed E-state index contributed by atoms with van der Waals surface area (Å²) in [7, 11) is 0. The minimum Gasteiger partial charge on any atom is -0.423 e. The number of halogens is 3. The summed E-state index contributed by atoms with van der Waals surface area (Å²) in [6, 6.07) is 12.3. The zero-order chi connectivity index (χ0) is 16.6. The lowest BCUT2D eigenvalue weighted by Gasteiger charge is -2.09. The highest BCUT2D eigenvalue weighted by Gasteiger charge is 2.33. The molecule has 0 spiro atoms. The predicted octanol–water partition coefficient (Wildman–Crippen LogP) is 4.04. The van der Waals surface area contributed by atoms with Gasteiger partial charge in [-0.05, 0) is 12.1 Å². The van der Waals surface area contributed by atoms with Crippen LogP contribution in [-0.4, -0.2) is 5.78 Å². The number of carbonyl (C=O) groups is 1. The van der Waals surface area contributed by atoms with Crippen molar-refractivity contribution in [3.63, 3.8) is 0 Å². The van der Waals surface area contributed by atoms with E-state index in [2.05, 4.69) is 0 Å². The molecule has 0 amide bonds. The normalized spacial score (nSPS) is 11.6. The van der Waals surface area contributed by atoms with Gasteiger partial charge in [-0.25, -0.2) is 4.79 Å². The number of benzene rings is 2. The molecule has 3 aromatic rings. The molecule has 0 aliphatic heterocycles. The van der Waals surface area contributed by atoms with Crippen LogP contribution >= 0.6 is 0 Å². The molecule has 23 heavy (non-hydrogen) atoms. The third kappa shape index (κ3) is 2.88. The molecule has 3 rings (SSSR count). The van der Waals surface area contributed by atoms with Gasteiger partial charge in [-0.3, -0.25) is 4.79 Å². The second kappa shape index (κ2) is 5.39. The maximum atomic E-state index is 13.0. The van der Waals surface area contributed by atoms with Crippen molar-refractivity contribution in [3.8, 4) is 0 Å². The van der Waals surface area contributed by atoms with Gasteiger partial charge >= 0.3 is 11.8 Å². The fourth-order valence-corrected chi connectivity index (χ4v) is 2.29. The molecule has 0 aliphatic carbocycles. The molecule has 0 saturated carbocycles. The first-order valence-corrected chi connectivity index (χ1v) is 6.61. The van der Waals surface area contributed by atoms with Gasteiger partial charge in [0.1, 0.15) is 5.58 Å². The monoisotopic (exact) mass is 318 g/mol. The summed E-state index contributed by atoms with van der Waals surface area (Å²) in [4.78, 5) is 23.7. The summed E-state index contributed by atoms with van der Waals surface area (Å²) in [6.45, 7) is 0. The van der Waals surface area contributed by atoms with E-state index in [1.54, 1.807) is 30.3 Å². The fraction of sp³-hybridized carbons (Fsp3) is 0.0588. The number of rotatable bonds is 2. The maximum absolute atomic E-state index is 13.0. The summed E-state index contributed by atoms with van der Waals surface area (Å²) in [5, 5.41) is -0.262. The molecule has 0 aliphatic rings. The van der Waals surface area contributed by atoms with Gasteiger partial charge in [0.15, 0.2) is 5.78 Å². The molecular formula is C17H9F3O3. The molecule has 0 N–H and O–H groups in total. The van der Waals surface area contributed by atoms with Gasteiger partial charge in [0.2, 0.25) is 0 Å². The first kappa shape index (κ1) is 15.0. The van der Waals surface area contributed by atoms with Crippen molar-refractivity contribution in [2.45, 2.75) is 6.18 Å². The molecule has 116 valence electrons. The van der Waals surface area contributed by atoms with Gasteiger partial charge in [0.05, 0.1) is 5.56 Å². The van der Waals surface area contributed by atoms with Crippen LogP contribution in [0.1, 0.15) is 21.5 Å². The second-order valence-electron chi connectivity index (χ2n) is 4.88. The van der Waals surface area contributed by atoms with Crippen LogP contribution in [-0.2, 0) is 6.18 Å². The van der Waals surface area contributed by atoms with E-state index in [1.807, 2.05) is 0 Å². The van der Waals surface area contributed by atoms with Gasteiger partial charge in [-0.1, -0.05) is 36.4 Å². The molecule has 0 bridgehead atoms. The summed E-state index contributed by atoms with van der Waals surface area (Å²) < 4.78 is 43.7. The van der Waals surface area contributed by atoms with Crippen LogP contribution in [0.3, 0.4) is 0 Å². The number of hydrogen-bond acceptors (Lipinski definition) is 3. The van der Waals surface area contributed by atoms with Crippen LogP contribution in [0.5, 0.6) is 0 Å². The van der Waals surface area contributed by atoms with Gasteiger partial charge in [0.25, 0.3) is 0 Å². The van der Waals surface area contributed by atoms with E-state index in [4.69, 9.17) is 4.42 Å². The average Bonchev–Trinajstić information content (AvgIpc) is 2.52. The standard InChI is InChI=1S/C17H9F3O3/c18-17(19,20)13-9-15(21)23-14-8-11(6-7-12(13)14)16(22)10-4-2-1-3-5-10/h1-9H. The van der Waals surface area contributed by atoms with E-state index in [-0.39, 0.29) is 22.3 Å². The van der Waals surface area contributed by atoms with Crippen LogP contribution < -0.4 is 5.63 Å². The molecule has 0 atom stereocenters. The lowest BCUT2D eigenvalue weighted by molar-refractivity contribution is -0.136. The Balaban J connectivity index is 2.17. The Morgan fingerprint density at radius 2 is 1.61 bits per heavy atom. The predicted molar refractivity (Wildman–Crippen MR) is 77.4 cm³/mol. The summed E-state index contributed by atoms with van der Waals surface area (Å²) in [5.41, 5.74) is -1.93. The highest BCUT2D eigenvalue weighted by molar-refractivity contribution is 6.10. The van der Waals surface area contributed by atoms with Gasteiger partial charge in [-0.15, -0.1) is 0 Å². The number of hydrogen-bond donors (Lipinski definition) is 0. The number of alkyl halides is 3. The number of carbonyl (C=O) groups excluding carboxylic acids is 1. The zero-order valence-electron chi connectivity index (χ0n) is 11.6. The van der Waals surface area contributed by atoms with Gasteiger partial charge in [-0.2, -0.15) is 13.2 Å². The minimum absolute atomic E-state index is 0.145. The molecule has 0 unspecified atom stereocenters. The Hall–Kier alpha value is -2.89. The quantitative estimate of drug-likeness (QED) is 0.529.